The largest absolute Gasteiger partial charge is 0.512 e. The first-order valence-electron chi connectivity index (χ1n) is 9.93. The van der Waals surface area contributed by atoms with Gasteiger partial charge in [0.2, 0.25) is 0 Å². The van der Waals surface area contributed by atoms with Gasteiger partial charge >= 0.3 is 0 Å². The Morgan fingerprint density at radius 2 is 1.57 bits per heavy atom. The number of allylic oxidation sites excluding steroid dienone is 6. The molecule has 0 saturated heterocycles. The van der Waals surface area contributed by atoms with Crippen LogP contribution in [0.1, 0.15) is 57.8 Å². The summed E-state index contributed by atoms with van der Waals surface area (Å²) in [5.74, 6) is 0.500. The molecule has 1 aliphatic carbocycles. The molecule has 1 N–H and O–H groups in total. The Morgan fingerprint density at radius 3 is 2.04 bits per heavy atom. The minimum atomic E-state index is -0.0473. The average Bonchev–Trinajstić information content (AvgIpc) is 3.38. The summed E-state index contributed by atoms with van der Waals surface area (Å²) < 4.78 is 10.3. The van der Waals surface area contributed by atoms with E-state index in [0.29, 0.717) is 5.76 Å². The standard InChI is InChI=1S/C18H29O3Si.C5H5.Fe/c1-20-18(21-2)14-9-7-5-3-4-6-8-12-16(19)15-11-10-13-17(15)22;1-2-4-5-3-1;/h10-11,13,18-19H,3-9,12,14H2,1-2H3;1-5H;/q;-1;/b16-15-;;. The molecule has 0 fully saturated rings. The van der Waals surface area contributed by atoms with Crippen molar-refractivity contribution in [3.63, 3.8) is 0 Å². The molecule has 2 rings (SSSR count). The maximum atomic E-state index is 10.0. The normalized spacial score (nSPS) is 14.4. The maximum Gasteiger partial charge on any atom is 0.156 e. The molecule has 3 nitrogen and oxygen atoms in total. The fourth-order valence-electron chi connectivity index (χ4n) is 2.95. The molecule has 0 aliphatic heterocycles. The second-order valence-corrected chi connectivity index (χ2v) is 7.22. The molecule has 0 bridgehead atoms. The van der Waals surface area contributed by atoms with E-state index in [4.69, 9.17) is 9.47 Å². The van der Waals surface area contributed by atoms with Gasteiger partial charge in [0.15, 0.2) is 6.29 Å². The number of aliphatic hydroxyl groups is 1. The predicted molar refractivity (Wildman–Crippen MR) is 114 cm³/mol. The van der Waals surface area contributed by atoms with Gasteiger partial charge < -0.3 is 14.6 Å². The van der Waals surface area contributed by atoms with Crippen LogP contribution >= 0.6 is 0 Å². The number of aliphatic hydroxyl groups excluding tert-OH is 1. The second kappa shape index (κ2) is 18.1. The summed E-state index contributed by atoms with van der Waals surface area (Å²) in [6.07, 6.45) is 16.0. The Morgan fingerprint density at radius 1 is 1.00 bits per heavy atom. The summed E-state index contributed by atoms with van der Waals surface area (Å²) in [4.78, 5) is 0. The van der Waals surface area contributed by atoms with E-state index in [0.717, 1.165) is 36.5 Å². The van der Waals surface area contributed by atoms with Crippen molar-refractivity contribution < 1.29 is 31.6 Å². The zero-order chi connectivity index (χ0) is 19.7. The Hall–Kier alpha value is -0.974. The molecule has 1 aliphatic rings. The van der Waals surface area contributed by atoms with Gasteiger partial charge in [0.25, 0.3) is 0 Å². The minimum Gasteiger partial charge on any atom is -0.512 e. The van der Waals surface area contributed by atoms with Crippen LogP contribution in [-0.4, -0.2) is 35.9 Å². The number of hydrogen-bond donors (Lipinski definition) is 1. The van der Waals surface area contributed by atoms with Crippen LogP contribution in [0.15, 0.2) is 65.1 Å². The van der Waals surface area contributed by atoms with Gasteiger partial charge in [0.05, 0.1) is 16.0 Å². The first-order valence-corrected chi connectivity index (χ1v) is 10.4. The second-order valence-electron chi connectivity index (χ2n) is 6.68. The van der Waals surface area contributed by atoms with Crippen molar-refractivity contribution in [2.45, 2.75) is 64.1 Å². The van der Waals surface area contributed by atoms with Crippen LogP contribution in [-0.2, 0) is 26.5 Å². The summed E-state index contributed by atoms with van der Waals surface area (Å²) in [5, 5.41) is 11.0. The van der Waals surface area contributed by atoms with Gasteiger partial charge in [-0.2, -0.15) is 18.2 Å². The number of methoxy groups -OCH3 is 2. The molecule has 5 heteroatoms. The van der Waals surface area contributed by atoms with E-state index in [2.05, 4.69) is 10.2 Å². The summed E-state index contributed by atoms with van der Waals surface area (Å²) >= 11 is 0. The van der Waals surface area contributed by atoms with Gasteiger partial charge in [-0.1, -0.05) is 55.5 Å². The van der Waals surface area contributed by atoms with Gasteiger partial charge in [0.1, 0.15) is 0 Å². The molecule has 0 unspecified atom stereocenters. The van der Waals surface area contributed by atoms with Crippen molar-refractivity contribution in [2.24, 2.45) is 0 Å². The van der Waals surface area contributed by atoms with Crippen molar-refractivity contribution in [2.75, 3.05) is 14.2 Å². The Labute approximate surface area is 185 Å². The molecule has 0 saturated carbocycles. The smallest absolute Gasteiger partial charge is 0.156 e. The first kappa shape index (κ1) is 27.0. The van der Waals surface area contributed by atoms with E-state index < -0.39 is 0 Å². The Kier molecular flexibility index (Phi) is 17.5. The Bertz CT molecular complexity index is 543. The van der Waals surface area contributed by atoms with Gasteiger partial charge in [0, 0.05) is 43.3 Å². The molecular weight excluding hydrogens is 408 g/mol. The van der Waals surface area contributed by atoms with Gasteiger partial charge in [-0.15, -0.1) is 0 Å². The summed E-state index contributed by atoms with van der Waals surface area (Å²) in [6.45, 7) is 0. The van der Waals surface area contributed by atoms with Crippen LogP contribution in [0, 0.1) is 0 Å². The molecule has 0 amide bonds. The zero-order valence-electron chi connectivity index (χ0n) is 17.2. The maximum absolute atomic E-state index is 10.0. The molecule has 3 radical (unpaired) electrons. The van der Waals surface area contributed by atoms with Gasteiger partial charge in [-0.25, -0.2) is 12.1 Å². The van der Waals surface area contributed by atoms with Gasteiger partial charge in [-0.3, -0.25) is 0 Å². The van der Waals surface area contributed by atoms with E-state index in [1.54, 1.807) is 14.2 Å². The van der Waals surface area contributed by atoms with E-state index in [-0.39, 0.29) is 23.4 Å². The summed E-state index contributed by atoms with van der Waals surface area (Å²) in [6, 6.07) is 10.0. The number of hydrogen-bond acceptors (Lipinski definition) is 3. The van der Waals surface area contributed by atoms with E-state index in [9.17, 15) is 5.11 Å². The third-order valence-corrected chi connectivity index (χ3v) is 5.00. The molecule has 0 heterocycles. The molecule has 1 aromatic rings. The number of rotatable bonds is 12. The molecule has 28 heavy (non-hydrogen) atoms. The molecule has 0 spiro atoms. The van der Waals surface area contributed by atoms with E-state index >= 15 is 0 Å². The van der Waals surface area contributed by atoms with Crippen molar-refractivity contribution in [3.05, 3.63) is 65.1 Å². The van der Waals surface area contributed by atoms with Crippen LogP contribution < -0.4 is 0 Å². The number of ether oxygens (including phenoxy) is 2. The molecule has 157 valence electrons. The van der Waals surface area contributed by atoms with Crippen molar-refractivity contribution >= 4 is 10.2 Å². The van der Waals surface area contributed by atoms with Gasteiger partial charge in [-0.05, 0) is 19.3 Å². The SMILES string of the molecule is COC(CCCCCCCCC/C(O)=C1\C=CC=C1[Si])OC.[Fe].c1cc[cH-]c1. The van der Waals surface area contributed by atoms with Crippen LogP contribution in [0.2, 0.25) is 0 Å². The molecule has 0 aromatic heterocycles. The van der Waals surface area contributed by atoms with Crippen LogP contribution in [0.5, 0.6) is 0 Å². The third-order valence-electron chi connectivity index (χ3n) is 4.56. The first-order chi connectivity index (χ1) is 13.2. The van der Waals surface area contributed by atoms with E-state index in [1.165, 1.54) is 32.1 Å². The summed E-state index contributed by atoms with van der Waals surface area (Å²) in [5.41, 5.74) is 0.933. The predicted octanol–water partition coefficient (Wildman–Crippen LogP) is 5.95. The monoisotopic (exact) mass is 442 g/mol. The fraction of sp³-hybridized carbons (Fsp3) is 0.522. The third kappa shape index (κ3) is 12.5. The molecular formula is C23H34FeO3Si-. The van der Waals surface area contributed by atoms with Crippen molar-refractivity contribution in [1.82, 2.24) is 0 Å². The average molecular weight is 442 g/mol. The van der Waals surface area contributed by atoms with Crippen LogP contribution in [0.3, 0.4) is 0 Å². The Balaban J connectivity index is 0.00000105. The minimum absolute atomic E-state index is 0. The fourth-order valence-corrected chi connectivity index (χ4v) is 3.27. The number of unbranched alkanes of at least 4 members (excludes halogenated alkanes) is 6. The van der Waals surface area contributed by atoms with E-state index in [1.807, 2.05) is 48.6 Å². The van der Waals surface area contributed by atoms with Crippen molar-refractivity contribution in [3.8, 4) is 0 Å². The molecule has 0 atom stereocenters. The zero-order valence-corrected chi connectivity index (χ0v) is 19.3. The summed E-state index contributed by atoms with van der Waals surface area (Å²) in [7, 11) is 6.88. The van der Waals surface area contributed by atoms with Crippen molar-refractivity contribution in [1.29, 1.82) is 0 Å². The topological polar surface area (TPSA) is 38.7 Å². The quantitative estimate of drug-likeness (QED) is 0.143. The molecule has 1 aromatic carbocycles. The van der Waals surface area contributed by atoms with Crippen LogP contribution in [0.4, 0.5) is 0 Å². The van der Waals surface area contributed by atoms with Crippen LogP contribution in [0.25, 0.3) is 0 Å².